The summed E-state index contributed by atoms with van der Waals surface area (Å²) in [6.07, 6.45) is 3.00. The Morgan fingerprint density at radius 3 is 2.76 bits per heavy atom. The number of rotatable bonds is 3. The van der Waals surface area contributed by atoms with Gasteiger partial charge in [0, 0.05) is 6.20 Å². The molecule has 3 atom stereocenters. The summed E-state index contributed by atoms with van der Waals surface area (Å²) in [5, 5.41) is 17.5. The van der Waals surface area contributed by atoms with E-state index in [1.54, 1.807) is 12.3 Å². The van der Waals surface area contributed by atoms with Gasteiger partial charge >= 0.3 is 6.03 Å². The van der Waals surface area contributed by atoms with Crippen LogP contribution in [0.3, 0.4) is 0 Å². The highest BCUT2D eigenvalue weighted by Gasteiger charge is 2.57. The quantitative estimate of drug-likeness (QED) is 0.721. The normalized spacial score (nSPS) is 32.9. The molecule has 3 heterocycles. The van der Waals surface area contributed by atoms with Crippen molar-refractivity contribution >= 4 is 23.7 Å². The molecule has 21 heavy (non-hydrogen) atoms. The van der Waals surface area contributed by atoms with Gasteiger partial charge < -0.3 is 10.4 Å². The van der Waals surface area contributed by atoms with Gasteiger partial charge in [-0.05, 0) is 30.9 Å². The van der Waals surface area contributed by atoms with Gasteiger partial charge in [0.25, 0.3) is 5.91 Å². The summed E-state index contributed by atoms with van der Waals surface area (Å²) in [6, 6.07) is 4.86. The lowest BCUT2D eigenvalue weighted by Crippen LogP contribution is -2.60. The van der Waals surface area contributed by atoms with E-state index in [4.69, 9.17) is 0 Å². The summed E-state index contributed by atoms with van der Waals surface area (Å²) in [6.45, 7) is 1.53. The highest BCUT2D eigenvalue weighted by atomic mass is 32.2. The SMILES string of the molecule is CC1(C(O)C2(c3ccccn3)CC=CS2)NC(=O)NC1=O. The Balaban J connectivity index is 2.03. The molecule has 3 N–H and O–H groups in total. The number of carbonyl (C=O) groups excluding carboxylic acids is 2. The number of nitrogens with one attached hydrogen (secondary N) is 2. The van der Waals surface area contributed by atoms with E-state index in [1.807, 2.05) is 23.6 Å². The Morgan fingerprint density at radius 1 is 1.43 bits per heavy atom. The molecule has 0 saturated carbocycles. The fraction of sp³-hybridized carbons (Fsp3) is 0.357. The zero-order chi connectivity index (χ0) is 15.1. The van der Waals surface area contributed by atoms with Crippen LogP contribution in [0.15, 0.2) is 35.9 Å². The second-order valence-electron chi connectivity index (χ2n) is 5.31. The molecule has 6 nitrogen and oxygen atoms in total. The van der Waals surface area contributed by atoms with Gasteiger partial charge in [0.15, 0.2) is 0 Å². The Kier molecular flexibility index (Phi) is 3.26. The number of hydrogen-bond acceptors (Lipinski definition) is 5. The number of thioether (sulfide) groups is 1. The van der Waals surface area contributed by atoms with Crippen molar-refractivity contribution in [3.8, 4) is 0 Å². The van der Waals surface area contributed by atoms with Crippen LogP contribution in [-0.2, 0) is 9.54 Å². The summed E-state index contributed by atoms with van der Waals surface area (Å²) in [7, 11) is 0. The lowest BCUT2D eigenvalue weighted by atomic mass is 9.81. The molecule has 3 unspecified atom stereocenters. The molecule has 1 aromatic heterocycles. The Hall–Kier alpha value is -1.86. The summed E-state index contributed by atoms with van der Waals surface area (Å²) in [5.74, 6) is -0.525. The molecule has 0 radical (unpaired) electrons. The lowest BCUT2D eigenvalue weighted by Gasteiger charge is -2.40. The van der Waals surface area contributed by atoms with Crippen LogP contribution in [0.2, 0.25) is 0 Å². The summed E-state index contributed by atoms with van der Waals surface area (Å²) in [4.78, 5) is 27.8. The third-order valence-corrected chi connectivity index (χ3v) is 5.30. The molecule has 7 heteroatoms. The molecule has 110 valence electrons. The summed E-state index contributed by atoms with van der Waals surface area (Å²) < 4.78 is -0.787. The molecule has 0 bridgehead atoms. The highest BCUT2D eigenvalue weighted by molar-refractivity contribution is 8.03. The van der Waals surface area contributed by atoms with E-state index in [9.17, 15) is 14.7 Å². The van der Waals surface area contributed by atoms with Gasteiger partial charge in [-0.15, -0.1) is 11.8 Å². The standard InChI is InChI=1S/C14H15N3O3S/c1-13(11(19)16-12(20)17-13)10(18)14(6-4-8-21-14)9-5-2-3-7-15-9/h2-5,7-8,10,18H,6H2,1H3,(H2,16,17,19,20). The van der Waals surface area contributed by atoms with Crippen molar-refractivity contribution in [3.63, 3.8) is 0 Å². The van der Waals surface area contributed by atoms with Crippen LogP contribution in [0.4, 0.5) is 4.79 Å². The molecular weight excluding hydrogens is 290 g/mol. The number of imide groups is 1. The fourth-order valence-corrected chi connectivity index (χ4v) is 3.98. The molecule has 2 aliphatic heterocycles. The van der Waals surface area contributed by atoms with Gasteiger partial charge in [0.05, 0.1) is 10.4 Å². The summed E-state index contributed by atoms with van der Waals surface area (Å²) in [5.41, 5.74) is -0.698. The van der Waals surface area contributed by atoms with Crippen molar-refractivity contribution in [3.05, 3.63) is 41.6 Å². The van der Waals surface area contributed by atoms with E-state index in [1.165, 1.54) is 18.7 Å². The molecule has 0 aliphatic carbocycles. The van der Waals surface area contributed by atoms with Gasteiger partial charge in [-0.2, -0.15) is 0 Å². The zero-order valence-electron chi connectivity index (χ0n) is 11.4. The van der Waals surface area contributed by atoms with E-state index in [-0.39, 0.29) is 0 Å². The first-order chi connectivity index (χ1) is 9.99. The lowest BCUT2D eigenvalue weighted by molar-refractivity contribution is -0.128. The molecule has 1 saturated heterocycles. The Morgan fingerprint density at radius 2 is 2.24 bits per heavy atom. The molecular formula is C14H15N3O3S. The number of pyridine rings is 1. The number of nitrogens with zero attached hydrogens (tertiary/aromatic N) is 1. The number of carbonyl (C=O) groups is 2. The van der Waals surface area contributed by atoms with Crippen molar-refractivity contribution in [2.24, 2.45) is 0 Å². The zero-order valence-corrected chi connectivity index (χ0v) is 12.2. The minimum absolute atomic E-state index is 0.525. The second kappa shape index (κ2) is 4.85. The fourth-order valence-electron chi connectivity index (χ4n) is 2.75. The monoisotopic (exact) mass is 305 g/mol. The number of aliphatic hydroxyl groups excluding tert-OH is 1. The Labute approximate surface area is 126 Å². The predicted octanol–water partition coefficient (Wildman–Crippen LogP) is 0.886. The number of amides is 3. The molecule has 2 aliphatic rings. The number of aliphatic hydroxyl groups is 1. The van der Waals surface area contributed by atoms with Gasteiger partial charge in [0.2, 0.25) is 0 Å². The molecule has 0 spiro atoms. The molecule has 3 rings (SSSR count). The number of hydrogen-bond donors (Lipinski definition) is 3. The van der Waals surface area contributed by atoms with Crippen molar-refractivity contribution < 1.29 is 14.7 Å². The van der Waals surface area contributed by atoms with E-state index in [0.29, 0.717) is 12.1 Å². The highest BCUT2D eigenvalue weighted by Crippen LogP contribution is 2.50. The second-order valence-corrected chi connectivity index (χ2v) is 6.55. The van der Waals surface area contributed by atoms with Crippen LogP contribution in [0.25, 0.3) is 0 Å². The molecule has 1 fully saturated rings. The van der Waals surface area contributed by atoms with Crippen molar-refractivity contribution in [2.75, 3.05) is 0 Å². The van der Waals surface area contributed by atoms with Crippen LogP contribution in [0.1, 0.15) is 19.0 Å². The van der Waals surface area contributed by atoms with Crippen LogP contribution in [-0.4, -0.2) is 33.7 Å². The first-order valence-corrected chi connectivity index (χ1v) is 7.43. The third kappa shape index (κ3) is 2.04. The topological polar surface area (TPSA) is 91.3 Å². The molecule has 3 amide bonds. The number of allylic oxidation sites excluding steroid dienone is 1. The largest absolute Gasteiger partial charge is 0.388 e. The van der Waals surface area contributed by atoms with Crippen LogP contribution in [0, 0.1) is 0 Å². The Bertz CT molecular complexity index is 611. The van der Waals surface area contributed by atoms with Crippen molar-refractivity contribution in [2.45, 2.75) is 29.7 Å². The van der Waals surface area contributed by atoms with E-state index >= 15 is 0 Å². The van der Waals surface area contributed by atoms with Crippen molar-refractivity contribution in [1.82, 2.24) is 15.6 Å². The summed E-state index contributed by atoms with van der Waals surface area (Å²) >= 11 is 1.42. The van der Waals surface area contributed by atoms with E-state index in [2.05, 4.69) is 15.6 Å². The van der Waals surface area contributed by atoms with E-state index in [0.717, 1.165) is 0 Å². The average molecular weight is 305 g/mol. The number of aromatic nitrogens is 1. The van der Waals surface area contributed by atoms with Gasteiger partial charge in [-0.1, -0.05) is 12.1 Å². The first kappa shape index (κ1) is 14.1. The third-order valence-electron chi connectivity index (χ3n) is 3.95. The minimum Gasteiger partial charge on any atom is -0.388 e. The minimum atomic E-state index is -1.38. The molecule has 0 aromatic carbocycles. The van der Waals surface area contributed by atoms with Crippen LogP contribution < -0.4 is 10.6 Å². The maximum absolute atomic E-state index is 12.1. The smallest absolute Gasteiger partial charge is 0.322 e. The van der Waals surface area contributed by atoms with Gasteiger partial charge in [-0.3, -0.25) is 15.1 Å². The maximum Gasteiger partial charge on any atom is 0.322 e. The van der Waals surface area contributed by atoms with Gasteiger partial charge in [0.1, 0.15) is 11.6 Å². The predicted molar refractivity (Wildman–Crippen MR) is 78.3 cm³/mol. The first-order valence-electron chi connectivity index (χ1n) is 6.55. The number of urea groups is 1. The average Bonchev–Trinajstić information content (AvgIpc) is 3.06. The van der Waals surface area contributed by atoms with E-state index < -0.39 is 28.3 Å². The van der Waals surface area contributed by atoms with Gasteiger partial charge in [-0.25, -0.2) is 4.79 Å². The van der Waals surface area contributed by atoms with Crippen LogP contribution in [0.5, 0.6) is 0 Å². The van der Waals surface area contributed by atoms with Crippen LogP contribution >= 0.6 is 11.8 Å². The molecule has 1 aromatic rings. The van der Waals surface area contributed by atoms with Crippen molar-refractivity contribution in [1.29, 1.82) is 0 Å². The maximum atomic E-state index is 12.1.